The van der Waals surface area contributed by atoms with Crippen molar-refractivity contribution in [2.75, 3.05) is 18.8 Å². The third-order valence-corrected chi connectivity index (χ3v) is 4.29. The van der Waals surface area contributed by atoms with Crippen LogP contribution in [-0.4, -0.2) is 28.9 Å². The Morgan fingerprint density at radius 2 is 2.25 bits per heavy atom. The average Bonchev–Trinajstić information content (AvgIpc) is 2.82. The van der Waals surface area contributed by atoms with Gasteiger partial charge in [-0.15, -0.1) is 0 Å². The van der Waals surface area contributed by atoms with Gasteiger partial charge in [-0.3, -0.25) is 4.79 Å². The molecule has 1 aromatic carbocycles. The maximum Gasteiger partial charge on any atom is 0.270 e. The fourth-order valence-corrected chi connectivity index (χ4v) is 2.81. The maximum absolute atomic E-state index is 12.6. The molecule has 1 amide bonds. The largest absolute Gasteiger partial charge is 0.397 e. The number of nitrogens with one attached hydrogen (secondary N) is 1. The van der Waals surface area contributed by atoms with Gasteiger partial charge in [0.1, 0.15) is 5.69 Å². The number of nitrogen functional groups attached to an aromatic ring is 1. The zero-order valence-electron chi connectivity index (χ0n) is 11.9. The number of fused-ring (bicyclic) bond motifs is 1. The molecule has 3 N–H and O–H groups in total. The topological polar surface area (TPSA) is 62.1 Å². The monoisotopic (exact) mass is 271 g/mol. The van der Waals surface area contributed by atoms with E-state index in [1.54, 1.807) is 0 Å². The summed E-state index contributed by atoms with van der Waals surface area (Å²) >= 11 is 0. The average molecular weight is 271 g/mol. The predicted molar refractivity (Wildman–Crippen MR) is 81.6 cm³/mol. The molecular weight excluding hydrogens is 250 g/mol. The molecule has 0 bridgehead atoms. The molecule has 1 saturated carbocycles. The lowest BCUT2D eigenvalue weighted by atomic mass is 9.85. The number of carbonyl (C=O) groups excluding carboxylic acids is 1. The fraction of sp³-hybridized carbons (Fsp3) is 0.438. The van der Waals surface area contributed by atoms with E-state index >= 15 is 0 Å². The van der Waals surface area contributed by atoms with Crippen LogP contribution in [0, 0.1) is 5.92 Å². The molecule has 0 radical (unpaired) electrons. The minimum absolute atomic E-state index is 0.0787. The summed E-state index contributed by atoms with van der Waals surface area (Å²) < 4.78 is 0. The first-order valence-corrected chi connectivity index (χ1v) is 7.35. The Balaban J connectivity index is 1.84. The van der Waals surface area contributed by atoms with Crippen LogP contribution in [0.25, 0.3) is 10.9 Å². The summed E-state index contributed by atoms with van der Waals surface area (Å²) in [6, 6.07) is 7.63. The highest BCUT2D eigenvalue weighted by atomic mass is 16.2. The van der Waals surface area contributed by atoms with Gasteiger partial charge in [0.15, 0.2) is 0 Å². The van der Waals surface area contributed by atoms with Gasteiger partial charge in [0, 0.05) is 18.5 Å². The maximum atomic E-state index is 12.6. The van der Waals surface area contributed by atoms with Gasteiger partial charge in [-0.1, -0.05) is 18.6 Å². The number of aromatic nitrogens is 1. The number of hydrogen-bond acceptors (Lipinski definition) is 2. The molecule has 1 fully saturated rings. The van der Waals surface area contributed by atoms with Gasteiger partial charge in [0.2, 0.25) is 0 Å². The number of para-hydroxylation sites is 1. The van der Waals surface area contributed by atoms with E-state index in [9.17, 15) is 4.79 Å². The molecule has 1 heterocycles. The number of aromatic amines is 1. The molecule has 4 heteroatoms. The molecule has 0 atom stereocenters. The van der Waals surface area contributed by atoms with Crippen LogP contribution in [0.2, 0.25) is 0 Å². The Morgan fingerprint density at radius 3 is 2.85 bits per heavy atom. The molecule has 0 aliphatic heterocycles. The van der Waals surface area contributed by atoms with Crippen molar-refractivity contribution in [2.24, 2.45) is 5.92 Å². The van der Waals surface area contributed by atoms with E-state index in [2.05, 4.69) is 4.98 Å². The lowest BCUT2D eigenvalue weighted by Gasteiger charge is -2.31. The first-order chi connectivity index (χ1) is 9.69. The summed E-state index contributed by atoms with van der Waals surface area (Å²) in [5.41, 5.74) is 8.11. The lowest BCUT2D eigenvalue weighted by molar-refractivity contribution is 0.0701. The second kappa shape index (κ2) is 5.19. The summed E-state index contributed by atoms with van der Waals surface area (Å²) in [5.74, 6) is 0.767. The van der Waals surface area contributed by atoms with Crippen LogP contribution in [0.4, 0.5) is 5.69 Å². The van der Waals surface area contributed by atoms with E-state index in [-0.39, 0.29) is 5.91 Å². The van der Waals surface area contributed by atoms with Gasteiger partial charge in [0.25, 0.3) is 5.91 Å². The highest BCUT2D eigenvalue weighted by Gasteiger charge is 2.24. The van der Waals surface area contributed by atoms with Crippen molar-refractivity contribution in [1.29, 1.82) is 0 Å². The Morgan fingerprint density at radius 1 is 1.45 bits per heavy atom. The highest BCUT2D eigenvalue weighted by molar-refractivity contribution is 6.00. The molecule has 0 unspecified atom stereocenters. The third-order valence-electron chi connectivity index (χ3n) is 4.29. The number of nitrogens with two attached hydrogens (primary N) is 1. The molecule has 1 aliphatic carbocycles. The number of anilines is 1. The zero-order valence-corrected chi connectivity index (χ0v) is 11.9. The van der Waals surface area contributed by atoms with Crippen molar-refractivity contribution >= 4 is 22.5 Å². The standard InChI is InChI=1S/C16H21N3O/c1-2-19(10-11-5-3-6-11)16(20)14-9-12-7-4-8-13(17)15(12)18-14/h4,7-9,11,18H,2-3,5-6,10,17H2,1H3. The molecule has 1 aromatic heterocycles. The van der Waals surface area contributed by atoms with E-state index in [1.165, 1.54) is 19.3 Å². The minimum atomic E-state index is 0.0787. The van der Waals surface area contributed by atoms with Crippen LogP contribution in [0.3, 0.4) is 0 Å². The summed E-state index contributed by atoms with van der Waals surface area (Å²) in [6.45, 7) is 3.66. The van der Waals surface area contributed by atoms with Crippen LogP contribution in [-0.2, 0) is 0 Å². The van der Waals surface area contributed by atoms with Crippen molar-refractivity contribution in [3.8, 4) is 0 Å². The van der Waals surface area contributed by atoms with Crippen molar-refractivity contribution < 1.29 is 4.79 Å². The Bertz CT molecular complexity index is 628. The lowest BCUT2D eigenvalue weighted by Crippen LogP contribution is -2.37. The van der Waals surface area contributed by atoms with Gasteiger partial charge < -0.3 is 15.6 Å². The smallest absolute Gasteiger partial charge is 0.270 e. The van der Waals surface area contributed by atoms with Gasteiger partial charge in [0.05, 0.1) is 11.2 Å². The molecule has 3 rings (SSSR count). The Kier molecular flexibility index (Phi) is 3.38. The number of carbonyl (C=O) groups is 1. The molecular formula is C16H21N3O. The van der Waals surface area contributed by atoms with Crippen molar-refractivity contribution in [3.63, 3.8) is 0 Å². The summed E-state index contributed by atoms with van der Waals surface area (Å²) in [4.78, 5) is 17.7. The number of nitrogens with zero attached hydrogens (tertiary/aromatic N) is 1. The second-order valence-corrected chi connectivity index (χ2v) is 5.64. The van der Waals surface area contributed by atoms with Crippen LogP contribution in [0.5, 0.6) is 0 Å². The van der Waals surface area contributed by atoms with Gasteiger partial charge in [-0.25, -0.2) is 0 Å². The van der Waals surface area contributed by atoms with Crippen molar-refractivity contribution in [1.82, 2.24) is 9.88 Å². The number of H-pyrrole nitrogens is 1. The van der Waals surface area contributed by atoms with Crippen LogP contribution in [0.1, 0.15) is 36.7 Å². The molecule has 20 heavy (non-hydrogen) atoms. The quantitative estimate of drug-likeness (QED) is 0.840. The Labute approximate surface area is 118 Å². The van der Waals surface area contributed by atoms with E-state index in [0.29, 0.717) is 17.3 Å². The highest BCUT2D eigenvalue weighted by Crippen LogP contribution is 2.28. The first-order valence-electron chi connectivity index (χ1n) is 7.35. The second-order valence-electron chi connectivity index (χ2n) is 5.64. The number of rotatable bonds is 4. The zero-order chi connectivity index (χ0) is 14.1. The van der Waals surface area contributed by atoms with E-state index in [4.69, 9.17) is 5.73 Å². The summed E-state index contributed by atoms with van der Waals surface area (Å²) in [6.07, 6.45) is 3.81. The van der Waals surface area contributed by atoms with Gasteiger partial charge in [-0.2, -0.15) is 0 Å². The summed E-state index contributed by atoms with van der Waals surface area (Å²) in [7, 11) is 0. The first kappa shape index (κ1) is 13.0. The van der Waals surface area contributed by atoms with E-state index in [0.717, 1.165) is 24.0 Å². The fourth-order valence-electron chi connectivity index (χ4n) is 2.81. The van der Waals surface area contributed by atoms with Gasteiger partial charge in [-0.05, 0) is 37.8 Å². The number of amides is 1. The van der Waals surface area contributed by atoms with Crippen LogP contribution in [0.15, 0.2) is 24.3 Å². The molecule has 106 valence electrons. The minimum Gasteiger partial charge on any atom is -0.397 e. The van der Waals surface area contributed by atoms with Crippen LogP contribution < -0.4 is 5.73 Å². The van der Waals surface area contributed by atoms with Gasteiger partial charge >= 0.3 is 0 Å². The van der Waals surface area contributed by atoms with E-state index < -0.39 is 0 Å². The predicted octanol–water partition coefficient (Wildman–Crippen LogP) is 3.01. The van der Waals surface area contributed by atoms with Crippen molar-refractivity contribution in [2.45, 2.75) is 26.2 Å². The molecule has 1 aliphatic rings. The third kappa shape index (κ3) is 2.26. The van der Waals surface area contributed by atoms with Crippen LogP contribution >= 0.6 is 0 Å². The van der Waals surface area contributed by atoms with Crippen molar-refractivity contribution in [3.05, 3.63) is 30.0 Å². The Hall–Kier alpha value is -1.97. The summed E-state index contributed by atoms with van der Waals surface area (Å²) in [5, 5.41) is 0.994. The SMILES string of the molecule is CCN(CC1CCC1)C(=O)c1cc2cccc(N)c2[nH]1. The molecule has 2 aromatic rings. The number of hydrogen-bond donors (Lipinski definition) is 2. The number of benzene rings is 1. The molecule has 4 nitrogen and oxygen atoms in total. The molecule has 0 spiro atoms. The normalized spacial score (nSPS) is 15.2. The van der Waals surface area contributed by atoms with E-state index in [1.807, 2.05) is 36.1 Å². The molecule has 0 saturated heterocycles.